The van der Waals surface area contributed by atoms with Crippen molar-refractivity contribution in [2.75, 3.05) is 5.32 Å². The highest BCUT2D eigenvalue weighted by molar-refractivity contribution is 6.29. The van der Waals surface area contributed by atoms with E-state index >= 15 is 0 Å². The summed E-state index contributed by atoms with van der Waals surface area (Å²) in [6, 6.07) is 0. The van der Waals surface area contributed by atoms with Crippen LogP contribution in [0.4, 0.5) is 19.0 Å². The molecule has 1 aliphatic rings. The van der Waals surface area contributed by atoms with E-state index in [0.29, 0.717) is 18.5 Å². The number of alkyl halides is 3. The van der Waals surface area contributed by atoms with Crippen LogP contribution in [0.5, 0.6) is 0 Å². The molecule has 0 saturated carbocycles. The maximum absolute atomic E-state index is 12.4. The van der Waals surface area contributed by atoms with Crippen LogP contribution in [0.1, 0.15) is 18.5 Å². The van der Waals surface area contributed by atoms with Gasteiger partial charge in [-0.25, -0.2) is 14.6 Å². The summed E-state index contributed by atoms with van der Waals surface area (Å²) in [6.45, 7) is 0. The first kappa shape index (κ1) is 16.4. The van der Waals surface area contributed by atoms with E-state index in [1.54, 1.807) is 11.4 Å². The molecule has 24 heavy (non-hydrogen) atoms. The molecule has 0 unspecified atom stereocenters. The van der Waals surface area contributed by atoms with Gasteiger partial charge in [0.15, 0.2) is 17.0 Å². The van der Waals surface area contributed by atoms with Gasteiger partial charge in [-0.2, -0.15) is 18.3 Å². The van der Waals surface area contributed by atoms with Crippen molar-refractivity contribution in [1.82, 2.24) is 19.7 Å². The van der Waals surface area contributed by atoms with Crippen molar-refractivity contribution in [1.29, 1.82) is 0 Å². The molecule has 0 saturated heterocycles. The molecule has 0 fully saturated rings. The van der Waals surface area contributed by atoms with Gasteiger partial charge in [0.25, 0.3) is 0 Å². The molecule has 2 aromatic heterocycles. The second-order valence-corrected chi connectivity index (χ2v) is 5.64. The topological polar surface area (TPSA) is 72.7 Å². The smallest absolute Gasteiger partial charge is 0.299 e. The van der Waals surface area contributed by atoms with Crippen LogP contribution >= 0.6 is 11.6 Å². The van der Waals surface area contributed by atoms with Crippen molar-refractivity contribution in [3.63, 3.8) is 0 Å². The number of hydrogen-bond donors (Lipinski definition) is 1. The fourth-order valence-corrected chi connectivity index (χ4v) is 2.42. The molecule has 1 N–H and O–H groups in total. The van der Waals surface area contributed by atoms with Crippen molar-refractivity contribution < 1.29 is 18.0 Å². The van der Waals surface area contributed by atoms with Crippen LogP contribution in [0, 0.1) is 0 Å². The van der Waals surface area contributed by atoms with E-state index in [2.05, 4.69) is 15.1 Å². The highest BCUT2D eigenvalue weighted by Gasteiger charge is 2.39. The number of carbonyl (C=O) groups excluding carboxylic acids is 1. The zero-order valence-electron chi connectivity index (χ0n) is 12.4. The summed E-state index contributed by atoms with van der Waals surface area (Å²) in [5, 5.41) is 6.30. The van der Waals surface area contributed by atoms with Crippen LogP contribution in [0.3, 0.4) is 0 Å². The van der Waals surface area contributed by atoms with Crippen molar-refractivity contribution in [3.05, 3.63) is 29.1 Å². The number of halogens is 4. The van der Waals surface area contributed by atoms with Gasteiger partial charge in [0.2, 0.25) is 0 Å². The number of fused-ring (bicyclic) bond motifs is 1. The third kappa shape index (κ3) is 3.12. The number of allylic oxidation sites excluding steroid dienone is 4. The van der Waals surface area contributed by atoms with Crippen molar-refractivity contribution in [2.45, 2.75) is 19.0 Å². The summed E-state index contributed by atoms with van der Waals surface area (Å²) in [7, 11) is 1.51. The molecule has 2 heterocycles. The Morgan fingerprint density at radius 2 is 2.08 bits per heavy atom. The minimum Gasteiger partial charge on any atom is -0.299 e. The Morgan fingerprint density at radius 1 is 1.33 bits per heavy atom. The van der Waals surface area contributed by atoms with Crippen LogP contribution in [0.15, 0.2) is 23.4 Å². The molecule has 1 amide bonds. The number of aryl methyl sites for hydroxylation is 1. The average molecular weight is 358 g/mol. The number of carbonyl (C=O) groups is 1. The highest BCUT2D eigenvalue weighted by atomic mass is 35.5. The summed E-state index contributed by atoms with van der Waals surface area (Å²) < 4.78 is 38.4. The molecule has 0 atom stereocenters. The van der Waals surface area contributed by atoms with Gasteiger partial charge in [0.1, 0.15) is 0 Å². The van der Waals surface area contributed by atoms with E-state index in [-0.39, 0.29) is 17.0 Å². The predicted molar refractivity (Wildman–Crippen MR) is 82.1 cm³/mol. The molecule has 3 rings (SSSR count). The van der Waals surface area contributed by atoms with Gasteiger partial charge >= 0.3 is 12.1 Å². The Kier molecular flexibility index (Phi) is 4.04. The molecule has 6 nitrogen and oxygen atoms in total. The maximum atomic E-state index is 12.4. The quantitative estimate of drug-likeness (QED) is 0.896. The lowest BCUT2D eigenvalue weighted by Crippen LogP contribution is -2.30. The van der Waals surface area contributed by atoms with E-state index in [9.17, 15) is 18.0 Å². The van der Waals surface area contributed by atoms with Crippen molar-refractivity contribution >= 4 is 40.1 Å². The number of nitrogens with zero attached hydrogens (tertiary/aromatic N) is 4. The monoisotopic (exact) mass is 357 g/mol. The van der Waals surface area contributed by atoms with Gasteiger partial charge in [0.05, 0.1) is 11.9 Å². The molecule has 0 spiro atoms. The van der Waals surface area contributed by atoms with Crippen molar-refractivity contribution in [2.24, 2.45) is 7.05 Å². The first-order valence-corrected chi connectivity index (χ1v) is 7.27. The van der Waals surface area contributed by atoms with Crippen molar-refractivity contribution in [3.8, 4) is 0 Å². The molecular weight excluding hydrogens is 347 g/mol. The zero-order valence-corrected chi connectivity index (χ0v) is 13.1. The van der Waals surface area contributed by atoms with Crippen LogP contribution < -0.4 is 5.32 Å². The molecular formula is C14H11ClF3N5O. The first-order chi connectivity index (χ1) is 11.3. The lowest BCUT2D eigenvalue weighted by atomic mass is 10.0. The molecule has 0 bridgehead atoms. The minimum atomic E-state index is -5.00. The van der Waals surface area contributed by atoms with Gasteiger partial charge < -0.3 is 0 Å². The summed E-state index contributed by atoms with van der Waals surface area (Å²) >= 11 is 5.91. The lowest BCUT2D eigenvalue weighted by Gasteiger charge is -2.10. The molecule has 0 aliphatic heterocycles. The average Bonchev–Trinajstić information content (AvgIpc) is 2.83. The largest absolute Gasteiger partial charge is 0.471 e. The first-order valence-electron chi connectivity index (χ1n) is 6.89. The lowest BCUT2D eigenvalue weighted by molar-refractivity contribution is -0.167. The standard InChI is InChI=1S/C14H11ClF3N5O/c1-23-12-10(11(22-23)21-13(24)14(16,17)18)19-6-9(20-12)7-2-4-8(15)5-3-7/h2,4,6H,3,5H2,1H3,(H,21,22,24). The number of rotatable bonds is 2. The van der Waals surface area contributed by atoms with E-state index in [4.69, 9.17) is 11.6 Å². The van der Waals surface area contributed by atoms with Gasteiger partial charge in [-0.05, 0) is 24.5 Å². The molecule has 2 aromatic rings. The number of anilines is 1. The zero-order chi connectivity index (χ0) is 17.5. The van der Waals surface area contributed by atoms with E-state index in [0.717, 1.165) is 10.6 Å². The normalized spacial score (nSPS) is 15.2. The molecule has 10 heteroatoms. The summed E-state index contributed by atoms with van der Waals surface area (Å²) in [5.74, 6) is -2.39. The van der Waals surface area contributed by atoms with E-state index < -0.39 is 12.1 Å². The Morgan fingerprint density at radius 3 is 2.71 bits per heavy atom. The Hall–Kier alpha value is -2.42. The molecule has 126 valence electrons. The van der Waals surface area contributed by atoms with Gasteiger partial charge in [0, 0.05) is 12.1 Å². The Bertz CT molecular complexity index is 884. The summed E-state index contributed by atoms with van der Waals surface area (Å²) in [6.07, 6.45) is 1.40. The van der Waals surface area contributed by atoms with Gasteiger partial charge in [-0.3, -0.25) is 10.1 Å². The van der Waals surface area contributed by atoms with E-state index in [1.165, 1.54) is 17.9 Å². The third-order valence-electron chi connectivity index (χ3n) is 3.45. The van der Waals surface area contributed by atoms with Crippen LogP contribution in [0.25, 0.3) is 16.7 Å². The highest BCUT2D eigenvalue weighted by Crippen LogP contribution is 2.29. The fourth-order valence-electron chi connectivity index (χ4n) is 2.26. The molecule has 0 radical (unpaired) electrons. The second-order valence-electron chi connectivity index (χ2n) is 5.16. The molecule has 1 aliphatic carbocycles. The summed E-state index contributed by atoms with van der Waals surface area (Å²) in [5.41, 5.74) is 1.85. The number of nitrogens with one attached hydrogen (secondary N) is 1. The SMILES string of the molecule is Cn1nc(NC(=O)C(F)(F)F)c2ncc(C3=CC=C(Cl)CC3)nc21. The van der Waals surface area contributed by atoms with E-state index in [1.807, 2.05) is 6.08 Å². The fraction of sp³-hybridized carbons (Fsp3) is 0.286. The molecule has 0 aromatic carbocycles. The van der Waals surface area contributed by atoms with Crippen LogP contribution in [0.2, 0.25) is 0 Å². The maximum Gasteiger partial charge on any atom is 0.471 e. The van der Waals surface area contributed by atoms with Crippen LogP contribution in [-0.2, 0) is 11.8 Å². The number of hydrogen-bond acceptors (Lipinski definition) is 4. The van der Waals surface area contributed by atoms with Crippen LogP contribution in [-0.4, -0.2) is 31.8 Å². The van der Waals surface area contributed by atoms with Gasteiger partial charge in [-0.1, -0.05) is 17.7 Å². The number of aromatic nitrogens is 4. The third-order valence-corrected chi connectivity index (χ3v) is 3.77. The Labute approximate surface area is 139 Å². The summed E-state index contributed by atoms with van der Waals surface area (Å²) in [4.78, 5) is 19.6. The second kappa shape index (κ2) is 5.90. The minimum absolute atomic E-state index is 0.0869. The number of amides is 1. The Balaban J connectivity index is 1.98. The predicted octanol–water partition coefficient (Wildman–Crippen LogP) is 3.16. The van der Waals surface area contributed by atoms with Gasteiger partial charge in [-0.15, -0.1) is 0 Å².